The fourth-order valence-corrected chi connectivity index (χ4v) is 1.25. The molecule has 0 saturated heterocycles. The van der Waals surface area contributed by atoms with E-state index in [0.29, 0.717) is 0 Å². The van der Waals surface area contributed by atoms with Crippen molar-refractivity contribution in [3.8, 4) is 23.7 Å². The van der Waals surface area contributed by atoms with Crippen LogP contribution in [0, 0.1) is 23.7 Å². The van der Waals surface area contributed by atoms with Crippen LogP contribution in [0.25, 0.3) is 0 Å². The summed E-state index contributed by atoms with van der Waals surface area (Å²) in [5, 5.41) is 8.41. The zero-order valence-electron chi connectivity index (χ0n) is 9.48. The predicted molar refractivity (Wildman–Crippen MR) is 65.1 cm³/mol. The molecular weight excluding hydrogens is 216 g/mol. The van der Waals surface area contributed by atoms with Gasteiger partial charge in [0.15, 0.2) is 0 Å². The molecule has 0 amide bonds. The summed E-state index contributed by atoms with van der Waals surface area (Å²) >= 11 is 0. The fourth-order valence-electron chi connectivity index (χ4n) is 1.25. The zero-order valence-corrected chi connectivity index (χ0v) is 9.48. The van der Waals surface area contributed by atoms with Crippen LogP contribution in [-0.2, 0) is 9.53 Å². The Kier molecular flexibility index (Phi) is 6.33. The maximum Gasteiger partial charge on any atom is 0.328 e. The first kappa shape index (κ1) is 13.1. The Morgan fingerprint density at radius 3 is 3.12 bits per heavy atom. The minimum Gasteiger partial charge on any atom is -0.478 e. The highest BCUT2D eigenvalue weighted by Gasteiger charge is 2.03. The molecule has 1 atom stereocenters. The minimum atomic E-state index is -0.969. The van der Waals surface area contributed by atoms with Crippen molar-refractivity contribution in [2.45, 2.75) is 25.4 Å². The van der Waals surface area contributed by atoms with Crippen LogP contribution in [0.5, 0.6) is 0 Å². The first-order valence-electron chi connectivity index (χ1n) is 5.44. The molecule has 0 bridgehead atoms. The summed E-state index contributed by atoms with van der Waals surface area (Å²) in [5.41, 5.74) is 0. The van der Waals surface area contributed by atoms with E-state index < -0.39 is 5.97 Å². The van der Waals surface area contributed by atoms with Gasteiger partial charge < -0.3 is 9.84 Å². The first-order chi connectivity index (χ1) is 8.29. The van der Waals surface area contributed by atoms with E-state index in [1.165, 1.54) is 6.08 Å². The van der Waals surface area contributed by atoms with Crippen LogP contribution in [0.3, 0.4) is 0 Å². The Morgan fingerprint density at radius 2 is 2.29 bits per heavy atom. The second-order valence-corrected chi connectivity index (χ2v) is 3.40. The Labute approximate surface area is 101 Å². The van der Waals surface area contributed by atoms with Gasteiger partial charge in [0, 0.05) is 12.5 Å². The lowest BCUT2D eigenvalue weighted by atomic mass is 10.1. The molecule has 88 valence electrons. The van der Waals surface area contributed by atoms with Crippen molar-refractivity contribution < 1.29 is 14.6 Å². The molecule has 1 rings (SSSR count). The zero-order chi connectivity index (χ0) is 12.3. The SMILES string of the molecule is O=C(O)/C=C/COC1C#C/C=C\C#CCCC1. The monoisotopic (exact) mass is 230 g/mol. The van der Waals surface area contributed by atoms with Gasteiger partial charge in [-0.05, 0) is 25.0 Å². The van der Waals surface area contributed by atoms with Gasteiger partial charge in [0.1, 0.15) is 6.10 Å². The Balaban J connectivity index is 2.41. The molecule has 0 heterocycles. The van der Waals surface area contributed by atoms with Gasteiger partial charge in [0.2, 0.25) is 0 Å². The molecule has 0 aromatic rings. The molecule has 0 aliphatic heterocycles. The van der Waals surface area contributed by atoms with Gasteiger partial charge in [-0.1, -0.05) is 29.8 Å². The number of aliphatic carboxylic acids is 1. The predicted octanol–water partition coefficient (Wildman–Crippen LogP) is 1.76. The summed E-state index contributed by atoms with van der Waals surface area (Å²) in [5.74, 6) is 10.7. The molecule has 0 fully saturated rings. The highest BCUT2D eigenvalue weighted by atomic mass is 16.5. The summed E-state index contributed by atoms with van der Waals surface area (Å²) < 4.78 is 5.46. The van der Waals surface area contributed by atoms with Gasteiger partial charge >= 0.3 is 5.97 Å². The van der Waals surface area contributed by atoms with E-state index >= 15 is 0 Å². The minimum absolute atomic E-state index is 0.155. The molecule has 0 aromatic carbocycles. The Hall–Kier alpha value is -1.97. The molecule has 3 nitrogen and oxygen atoms in total. The normalized spacial score (nSPS) is 20.8. The molecule has 1 aliphatic rings. The topological polar surface area (TPSA) is 46.5 Å². The van der Waals surface area contributed by atoms with E-state index in [4.69, 9.17) is 9.84 Å². The van der Waals surface area contributed by atoms with Crippen molar-refractivity contribution in [1.29, 1.82) is 0 Å². The lowest BCUT2D eigenvalue weighted by Crippen LogP contribution is -2.10. The van der Waals surface area contributed by atoms with Gasteiger partial charge in [0.05, 0.1) is 6.61 Å². The number of hydrogen-bond acceptors (Lipinski definition) is 2. The quantitative estimate of drug-likeness (QED) is 0.591. The van der Waals surface area contributed by atoms with E-state index in [-0.39, 0.29) is 12.7 Å². The summed E-state index contributed by atoms with van der Waals surface area (Å²) in [6, 6.07) is 0. The largest absolute Gasteiger partial charge is 0.478 e. The molecule has 0 saturated carbocycles. The average Bonchev–Trinajstić information content (AvgIpc) is 2.32. The molecule has 0 spiro atoms. The second kappa shape index (κ2) is 8.21. The molecule has 0 radical (unpaired) electrons. The lowest BCUT2D eigenvalue weighted by Gasteiger charge is -2.09. The maximum absolute atomic E-state index is 10.2. The molecular formula is C14H14O3. The molecule has 1 unspecified atom stereocenters. The third-order valence-electron chi connectivity index (χ3n) is 2.02. The Bertz CT molecular complexity index is 424. The molecule has 1 aliphatic carbocycles. The van der Waals surface area contributed by atoms with Crippen LogP contribution in [0.1, 0.15) is 19.3 Å². The van der Waals surface area contributed by atoms with Crippen molar-refractivity contribution in [2.75, 3.05) is 6.61 Å². The van der Waals surface area contributed by atoms with Crippen LogP contribution >= 0.6 is 0 Å². The maximum atomic E-state index is 10.2. The van der Waals surface area contributed by atoms with E-state index in [0.717, 1.165) is 25.3 Å². The second-order valence-electron chi connectivity index (χ2n) is 3.40. The van der Waals surface area contributed by atoms with Gasteiger partial charge in [-0.2, -0.15) is 0 Å². The standard InChI is InChI=1S/C14H14O3/c15-14(16)11-8-12-17-13-9-6-4-2-1-3-5-7-10-13/h2,4,8,11,13H,5,7,10,12H2,(H,15,16)/b4-2-,11-8+. The number of carboxylic acids is 1. The van der Waals surface area contributed by atoms with Crippen LogP contribution in [0.4, 0.5) is 0 Å². The molecule has 1 N–H and O–H groups in total. The average molecular weight is 230 g/mol. The molecule has 17 heavy (non-hydrogen) atoms. The van der Waals surface area contributed by atoms with Gasteiger partial charge in [-0.15, -0.1) is 0 Å². The van der Waals surface area contributed by atoms with Crippen LogP contribution in [0.15, 0.2) is 24.3 Å². The highest BCUT2D eigenvalue weighted by molar-refractivity contribution is 5.79. The van der Waals surface area contributed by atoms with Gasteiger partial charge in [-0.3, -0.25) is 0 Å². The summed E-state index contributed by atoms with van der Waals surface area (Å²) in [6.07, 6.45) is 8.38. The number of carboxylic acid groups (broad SMARTS) is 1. The van der Waals surface area contributed by atoms with Crippen molar-refractivity contribution in [3.05, 3.63) is 24.3 Å². The molecule has 3 heteroatoms. The number of hydrogen-bond donors (Lipinski definition) is 1. The Morgan fingerprint density at radius 1 is 1.47 bits per heavy atom. The summed E-state index contributed by atoms with van der Waals surface area (Å²) in [6.45, 7) is 0.265. The van der Waals surface area contributed by atoms with E-state index in [9.17, 15) is 4.79 Å². The van der Waals surface area contributed by atoms with E-state index in [2.05, 4.69) is 23.7 Å². The van der Waals surface area contributed by atoms with Gasteiger partial charge in [0.25, 0.3) is 0 Å². The van der Waals surface area contributed by atoms with Crippen LogP contribution in [0.2, 0.25) is 0 Å². The molecule has 0 aromatic heterocycles. The number of carbonyl (C=O) groups is 1. The van der Waals surface area contributed by atoms with Crippen molar-refractivity contribution >= 4 is 5.97 Å². The van der Waals surface area contributed by atoms with Crippen LogP contribution < -0.4 is 0 Å². The smallest absolute Gasteiger partial charge is 0.328 e. The number of rotatable bonds is 4. The summed E-state index contributed by atoms with van der Waals surface area (Å²) in [7, 11) is 0. The van der Waals surface area contributed by atoms with Crippen molar-refractivity contribution in [2.24, 2.45) is 0 Å². The lowest BCUT2D eigenvalue weighted by molar-refractivity contribution is -0.131. The van der Waals surface area contributed by atoms with Crippen molar-refractivity contribution in [3.63, 3.8) is 0 Å². The van der Waals surface area contributed by atoms with Gasteiger partial charge in [-0.25, -0.2) is 4.79 Å². The van der Waals surface area contributed by atoms with Crippen LogP contribution in [-0.4, -0.2) is 23.8 Å². The highest BCUT2D eigenvalue weighted by Crippen LogP contribution is 2.04. The number of allylic oxidation sites excluding steroid dienone is 2. The first-order valence-corrected chi connectivity index (χ1v) is 5.44. The fraction of sp³-hybridized carbons (Fsp3) is 0.357. The third kappa shape index (κ3) is 7.00. The third-order valence-corrected chi connectivity index (χ3v) is 2.02. The van der Waals surface area contributed by atoms with E-state index in [1.807, 2.05) is 0 Å². The summed E-state index contributed by atoms with van der Waals surface area (Å²) in [4.78, 5) is 10.2. The number of ether oxygens (including phenoxy) is 1. The van der Waals surface area contributed by atoms with Crippen molar-refractivity contribution in [1.82, 2.24) is 0 Å². The van der Waals surface area contributed by atoms with E-state index in [1.54, 1.807) is 12.2 Å².